The van der Waals surface area contributed by atoms with E-state index in [9.17, 15) is 4.79 Å². The van der Waals surface area contributed by atoms with Gasteiger partial charge in [0.15, 0.2) is 0 Å². The normalized spacial score (nSPS) is 21.0. The zero-order chi connectivity index (χ0) is 21.5. The zero-order valence-corrected chi connectivity index (χ0v) is 18.6. The van der Waals surface area contributed by atoms with Gasteiger partial charge in [-0.25, -0.2) is 0 Å². The molecule has 2 atom stereocenters. The van der Waals surface area contributed by atoms with Gasteiger partial charge in [0.25, 0.3) is 0 Å². The number of piperidine rings is 1. The van der Waals surface area contributed by atoms with Crippen LogP contribution in [0.5, 0.6) is 5.75 Å². The Bertz CT molecular complexity index is 836. The molecule has 0 aromatic heterocycles. The summed E-state index contributed by atoms with van der Waals surface area (Å²) in [5.41, 5.74) is 2.53. The Balaban J connectivity index is 1.36. The molecule has 2 fully saturated rings. The highest BCUT2D eigenvalue weighted by Crippen LogP contribution is 2.27. The highest BCUT2D eigenvalue weighted by Gasteiger charge is 2.28. The third-order valence-electron chi connectivity index (χ3n) is 6.65. The van der Waals surface area contributed by atoms with Gasteiger partial charge in [-0.15, -0.1) is 0 Å². The summed E-state index contributed by atoms with van der Waals surface area (Å²) in [6.07, 6.45) is 4.51. The first-order chi connectivity index (χ1) is 15.2. The monoisotopic (exact) mass is 421 g/mol. The van der Waals surface area contributed by atoms with Crippen molar-refractivity contribution in [1.82, 2.24) is 15.1 Å². The fourth-order valence-electron chi connectivity index (χ4n) is 4.96. The standard InChI is InChI=1S/C26H35N3O2/c1-31-24-13-7-11-22(17-24)25(29-15-5-6-16-29)18-27-26(30)23-12-8-14-28(20-23)19-21-9-3-2-4-10-21/h2-4,7,9-11,13,17,23,25H,5-6,8,12,14-16,18-20H2,1H3,(H,27,30). The first-order valence-electron chi connectivity index (χ1n) is 11.6. The number of benzene rings is 2. The Labute approximate surface area is 186 Å². The molecule has 1 N–H and O–H groups in total. The van der Waals surface area contributed by atoms with Crippen molar-refractivity contribution >= 4 is 5.91 Å². The topological polar surface area (TPSA) is 44.8 Å². The van der Waals surface area contributed by atoms with E-state index < -0.39 is 0 Å². The Morgan fingerprint density at radius 1 is 1.06 bits per heavy atom. The number of nitrogens with one attached hydrogen (secondary N) is 1. The second kappa shape index (κ2) is 10.8. The molecule has 166 valence electrons. The van der Waals surface area contributed by atoms with Gasteiger partial charge in [-0.05, 0) is 68.6 Å². The zero-order valence-electron chi connectivity index (χ0n) is 18.6. The van der Waals surface area contributed by atoms with Gasteiger partial charge in [0.05, 0.1) is 19.1 Å². The maximum absolute atomic E-state index is 13.1. The lowest BCUT2D eigenvalue weighted by molar-refractivity contribution is -0.127. The second-order valence-corrected chi connectivity index (χ2v) is 8.84. The van der Waals surface area contributed by atoms with Crippen molar-refractivity contribution in [3.05, 3.63) is 65.7 Å². The Morgan fingerprint density at radius 3 is 2.65 bits per heavy atom. The number of likely N-dealkylation sites (tertiary alicyclic amines) is 2. The van der Waals surface area contributed by atoms with Crippen LogP contribution >= 0.6 is 0 Å². The van der Waals surface area contributed by atoms with Gasteiger partial charge < -0.3 is 10.1 Å². The number of methoxy groups -OCH3 is 1. The van der Waals surface area contributed by atoms with Crippen LogP contribution in [-0.2, 0) is 11.3 Å². The molecule has 0 aliphatic carbocycles. The minimum absolute atomic E-state index is 0.0713. The Kier molecular flexibility index (Phi) is 7.60. The van der Waals surface area contributed by atoms with E-state index in [1.165, 1.54) is 24.0 Å². The van der Waals surface area contributed by atoms with Crippen molar-refractivity contribution in [1.29, 1.82) is 0 Å². The molecule has 0 bridgehead atoms. The van der Waals surface area contributed by atoms with Crippen LogP contribution in [0.25, 0.3) is 0 Å². The number of rotatable bonds is 8. The van der Waals surface area contributed by atoms with Crippen LogP contribution in [0.15, 0.2) is 54.6 Å². The van der Waals surface area contributed by atoms with Crippen LogP contribution in [0.2, 0.25) is 0 Å². The van der Waals surface area contributed by atoms with Crippen molar-refractivity contribution < 1.29 is 9.53 Å². The predicted octanol–water partition coefficient (Wildman–Crippen LogP) is 3.86. The van der Waals surface area contributed by atoms with Crippen LogP contribution in [0.3, 0.4) is 0 Å². The fraction of sp³-hybridized carbons (Fsp3) is 0.500. The average molecular weight is 422 g/mol. The molecule has 2 heterocycles. The van der Waals surface area contributed by atoms with Crippen LogP contribution in [0, 0.1) is 5.92 Å². The third kappa shape index (κ3) is 5.86. The molecule has 2 aromatic rings. The van der Waals surface area contributed by atoms with Gasteiger partial charge in [-0.3, -0.25) is 14.6 Å². The number of carbonyl (C=O) groups excluding carboxylic acids is 1. The SMILES string of the molecule is COc1cccc(C(CNC(=O)C2CCCN(Cc3ccccc3)C2)N2CCCC2)c1. The molecular weight excluding hydrogens is 386 g/mol. The number of amides is 1. The number of nitrogens with zero attached hydrogens (tertiary/aromatic N) is 2. The van der Waals surface area contributed by atoms with E-state index in [1.54, 1.807) is 7.11 Å². The summed E-state index contributed by atoms with van der Waals surface area (Å²) in [5.74, 6) is 1.14. The smallest absolute Gasteiger partial charge is 0.224 e. The summed E-state index contributed by atoms with van der Waals surface area (Å²) >= 11 is 0. The van der Waals surface area contributed by atoms with E-state index in [2.05, 4.69) is 57.6 Å². The molecule has 5 nitrogen and oxygen atoms in total. The Morgan fingerprint density at radius 2 is 1.87 bits per heavy atom. The lowest BCUT2D eigenvalue weighted by Crippen LogP contribution is -2.45. The molecule has 2 aliphatic heterocycles. The summed E-state index contributed by atoms with van der Waals surface area (Å²) in [4.78, 5) is 18.0. The van der Waals surface area contributed by atoms with Crippen molar-refractivity contribution in [2.75, 3.05) is 39.8 Å². The van der Waals surface area contributed by atoms with Crippen LogP contribution in [-0.4, -0.2) is 55.5 Å². The lowest BCUT2D eigenvalue weighted by atomic mass is 9.96. The number of hydrogen-bond acceptors (Lipinski definition) is 4. The predicted molar refractivity (Wildman–Crippen MR) is 124 cm³/mol. The summed E-state index contributed by atoms with van der Waals surface area (Å²) in [6, 6.07) is 19.0. The van der Waals surface area contributed by atoms with E-state index in [0.29, 0.717) is 6.54 Å². The number of carbonyl (C=O) groups is 1. The van der Waals surface area contributed by atoms with E-state index in [4.69, 9.17) is 4.74 Å². The first-order valence-corrected chi connectivity index (χ1v) is 11.6. The summed E-state index contributed by atoms with van der Waals surface area (Å²) in [7, 11) is 1.70. The molecule has 2 unspecified atom stereocenters. The lowest BCUT2D eigenvalue weighted by Gasteiger charge is -2.33. The molecule has 2 aromatic carbocycles. The minimum Gasteiger partial charge on any atom is -0.497 e. The molecule has 1 amide bonds. The molecule has 2 saturated heterocycles. The van der Waals surface area contributed by atoms with E-state index in [0.717, 1.165) is 51.3 Å². The third-order valence-corrected chi connectivity index (χ3v) is 6.65. The van der Waals surface area contributed by atoms with E-state index >= 15 is 0 Å². The summed E-state index contributed by atoms with van der Waals surface area (Å²) in [6.45, 7) is 5.66. The molecule has 2 aliphatic rings. The van der Waals surface area contributed by atoms with E-state index in [-0.39, 0.29) is 17.9 Å². The molecule has 0 radical (unpaired) electrons. The number of ether oxygens (including phenoxy) is 1. The minimum atomic E-state index is 0.0713. The molecule has 5 heteroatoms. The molecular formula is C26H35N3O2. The van der Waals surface area contributed by atoms with E-state index in [1.807, 2.05) is 12.1 Å². The van der Waals surface area contributed by atoms with Gasteiger partial charge in [-0.2, -0.15) is 0 Å². The number of hydrogen-bond donors (Lipinski definition) is 1. The molecule has 31 heavy (non-hydrogen) atoms. The van der Waals surface area contributed by atoms with Gasteiger partial charge in [0.2, 0.25) is 5.91 Å². The van der Waals surface area contributed by atoms with Gasteiger partial charge in [0.1, 0.15) is 5.75 Å². The maximum atomic E-state index is 13.1. The van der Waals surface area contributed by atoms with Crippen LogP contribution in [0.4, 0.5) is 0 Å². The summed E-state index contributed by atoms with van der Waals surface area (Å²) < 4.78 is 5.44. The van der Waals surface area contributed by atoms with Crippen LogP contribution < -0.4 is 10.1 Å². The van der Waals surface area contributed by atoms with Crippen LogP contribution in [0.1, 0.15) is 42.9 Å². The largest absolute Gasteiger partial charge is 0.497 e. The molecule has 4 rings (SSSR count). The van der Waals surface area contributed by atoms with Gasteiger partial charge in [0, 0.05) is 19.6 Å². The maximum Gasteiger partial charge on any atom is 0.224 e. The first kappa shape index (κ1) is 21.8. The van der Waals surface area contributed by atoms with Crippen molar-refractivity contribution in [3.8, 4) is 5.75 Å². The molecule has 0 spiro atoms. The van der Waals surface area contributed by atoms with Crippen molar-refractivity contribution in [3.63, 3.8) is 0 Å². The van der Waals surface area contributed by atoms with Crippen molar-refractivity contribution in [2.45, 2.75) is 38.3 Å². The molecule has 0 saturated carbocycles. The Hall–Kier alpha value is -2.37. The summed E-state index contributed by atoms with van der Waals surface area (Å²) in [5, 5.41) is 3.30. The second-order valence-electron chi connectivity index (χ2n) is 8.84. The quantitative estimate of drug-likeness (QED) is 0.703. The highest BCUT2D eigenvalue weighted by molar-refractivity contribution is 5.79. The van der Waals surface area contributed by atoms with Gasteiger partial charge >= 0.3 is 0 Å². The fourth-order valence-corrected chi connectivity index (χ4v) is 4.96. The highest BCUT2D eigenvalue weighted by atomic mass is 16.5. The van der Waals surface area contributed by atoms with Crippen molar-refractivity contribution in [2.24, 2.45) is 5.92 Å². The average Bonchev–Trinajstić information content (AvgIpc) is 3.35. The van der Waals surface area contributed by atoms with Gasteiger partial charge in [-0.1, -0.05) is 42.5 Å².